The number of hydrogen-bond acceptors (Lipinski definition) is 3. The summed E-state index contributed by atoms with van der Waals surface area (Å²) in [7, 11) is 0. The average molecular weight is 439 g/mol. The zero-order chi connectivity index (χ0) is 22.9. The molecule has 3 aromatic carbocycles. The van der Waals surface area contributed by atoms with Gasteiger partial charge in [0.25, 0.3) is 5.78 Å². The zero-order valence-electron chi connectivity index (χ0n) is 16.5. The van der Waals surface area contributed by atoms with Gasteiger partial charge < -0.3 is 14.4 Å². The summed E-state index contributed by atoms with van der Waals surface area (Å²) >= 11 is 0. The van der Waals surface area contributed by atoms with Crippen molar-refractivity contribution in [2.24, 2.45) is 0 Å². The number of halogens is 3. The van der Waals surface area contributed by atoms with E-state index in [1.54, 1.807) is 22.8 Å². The van der Waals surface area contributed by atoms with Gasteiger partial charge in [-0.1, -0.05) is 54.6 Å². The van der Waals surface area contributed by atoms with Crippen LogP contribution >= 0.6 is 0 Å². The Kier molecular flexibility index (Phi) is 5.44. The van der Waals surface area contributed by atoms with Gasteiger partial charge in [-0.15, -0.1) is 13.2 Å². The quantitative estimate of drug-likeness (QED) is 0.317. The Labute approximate surface area is 180 Å². The molecule has 4 rings (SSSR count). The second kappa shape index (κ2) is 8.22. The number of ketones is 1. The third kappa shape index (κ3) is 4.34. The number of hydrogen-bond donors (Lipinski definition) is 1. The first-order chi connectivity index (χ1) is 15.2. The van der Waals surface area contributed by atoms with E-state index in [-0.39, 0.29) is 11.3 Å². The van der Waals surface area contributed by atoms with Gasteiger partial charge in [0.1, 0.15) is 5.75 Å². The number of carbonyl (C=O) groups is 2. The van der Waals surface area contributed by atoms with Crippen LogP contribution in [-0.2, 0) is 11.3 Å². The van der Waals surface area contributed by atoms with Crippen molar-refractivity contribution in [3.05, 3.63) is 90.1 Å². The summed E-state index contributed by atoms with van der Waals surface area (Å²) in [5.74, 6) is -3.03. The van der Waals surface area contributed by atoms with Crippen LogP contribution in [0.15, 0.2) is 79.0 Å². The van der Waals surface area contributed by atoms with Crippen molar-refractivity contribution >= 4 is 22.7 Å². The standard InChI is InChI=1S/C24H16F3NO4/c25-24(26,27)32-17-11-9-16(10-12-17)18-7-4-8-20-21(18)19(22(29)23(30)31)14-28(20)13-15-5-2-1-3-6-15/h1-12,14H,13H2,(H,30,31). The van der Waals surface area contributed by atoms with Crippen LogP contribution in [0.3, 0.4) is 0 Å². The molecule has 5 nitrogen and oxygen atoms in total. The number of ether oxygens (including phenoxy) is 1. The molecule has 162 valence electrons. The largest absolute Gasteiger partial charge is 0.573 e. The molecule has 0 aliphatic rings. The molecular weight excluding hydrogens is 423 g/mol. The predicted molar refractivity (Wildman–Crippen MR) is 112 cm³/mol. The number of nitrogens with zero attached hydrogens (tertiary/aromatic N) is 1. The van der Waals surface area contributed by atoms with Gasteiger partial charge in [-0.05, 0) is 34.9 Å². The van der Waals surface area contributed by atoms with Gasteiger partial charge in [-0.2, -0.15) is 0 Å². The topological polar surface area (TPSA) is 68.5 Å². The summed E-state index contributed by atoms with van der Waals surface area (Å²) < 4.78 is 43.1. The summed E-state index contributed by atoms with van der Waals surface area (Å²) in [5, 5.41) is 9.73. The second-order valence-corrected chi connectivity index (χ2v) is 7.06. The lowest BCUT2D eigenvalue weighted by molar-refractivity contribution is -0.274. The Bertz CT molecular complexity index is 1290. The molecule has 0 aliphatic heterocycles. The highest BCUT2D eigenvalue weighted by molar-refractivity contribution is 6.42. The number of rotatable bonds is 6. The van der Waals surface area contributed by atoms with Gasteiger partial charge in [-0.3, -0.25) is 4.79 Å². The Balaban J connectivity index is 1.85. The molecule has 0 bridgehead atoms. The lowest BCUT2D eigenvalue weighted by atomic mass is 9.97. The lowest BCUT2D eigenvalue weighted by Gasteiger charge is -2.11. The number of aromatic nitrogens is 1. The summed E-state index contributed by atoms with van der Waals surface area (Å²) in [6.45, 7) is 0.409. The van der Waals surface area contributed by atoms with Gasteiger partial charge >= 0.3 is 12.3 Å². The van der Waals surface area contributed by atoms with Crippen LogP contribution in [0.5, 0.6) is 5.75 Å². The van der Waals surface area contributed by atoms with E-state index in [1.807, 2.05) is 30.3 Å². The maximum absolute atomic E-state index is 12.5. The van der Waals surface area contributed by atoms with Crippen molar-refractivity contribution < 1.29 is 32.6 Å². The number of aliphatic carboxylic acids is 1. The van der Waals surface area contributed by atoms with Crippen molar-refractivity contribution in [3.8, 4) is 16.9 Å². The van der Waals surface area contributed by atoms with Crippen molar-refractivity contribution in [1.82, 2.24) is 4.57 Å². The minimum absolute atomic E-state index is 0.00893. The van der Waals surface area contributed by atoms with E-state index in [4.69, 9.17) is 0 Å². The number of carbonyl (C=O) groups excluding carboxylic acids is 1. The summed E-state index contributed by atoms with van der Waals surface area (Å²) in [6.07, 6.45) is -3.31. The molecule has 0 saturated heterocycles. The number of benzene rings is 3. The summed E-state index contributed by atoms with van der Waals surface area (Å²) in [5.41, 5.74) is 2.64. The molecule has 0 unspecified atom stereocenters. The third-order valence-electron chi connectivity index (χ3n) is 4.94. The first kappa shape index (κ1) is 21.2. The van der Waals surface area contributed by atoms with Gasteiger partial charge in [-0.25, -0.2) is 4.79 Å². The Morgan fingerprint density at radius 1 is 0.906 bits per heavy atom. The smallest absolute Gasteiger partial charge is 0.475 e. The fourth-order valence-corrected chi connectivity index (χ4v) is 3.63. The molecule has 0 aliphatic carbocycles. The SMILES string of the molecule is O=C(O)C(=O)c1cn(Cc2ccccc2)c2cccc(-c3ccc(OC(F)(F)F)cc3)c12. The molecule has 0 radical (unpaired) electrons. The molecule has 0 fully saturated rings. The van der Waals surface area contributed by atoms with Gasteiger partial charge in [0.2, 0.25) is 0 Å². The molecule has 1 aromatic heterocycles. The first-order valence-corrected chi connectivity index (χ1v) is 9.52. The van der Waals surface area contributed by atoms with Crippen molar-refractivity contribution in [2.75, 3.05) is 0 Å². The van der Waals surface area contributed by atoms with E-state index in [9.17, 15) is 27.9 Å². The molecule has 4 aromatic rings. The number of carboxylic acid groups (broad SMARTS) is 1. The van der Waals surface area contributed by atoms with Crippen LogP contribution in [0.25, 0.3) is 22.0 Å². The molecule has 0 spiro atoms. The zero-order valence-corrected chi connectivity index (χ0v) is 16.5. The highest BCUT2D eigenvalue weighted by Crippen LogP contribution is 2.35. The van der Waals surface area contributed by atoms with E-state index < -0.39 is 18.1 Å². The summed E-state index contributed by atoms with van der Waals surface area (Å²) in [4.78, 5) is 23.9. The van der Waals surface area contributed by atoms with E-state index in [2.05, 4.69) is 4.74 Å². The molecule has 1 heterocycles. The van der Waals surface area contributed by atoms with E-state index >= 15 is 0 Å². The van der Waals surface area contributed by atoms with Crippen LogP contribution < -0.4 is 4.74 Å². The molecule has 0 saturated carbocycles. The highest BCUT2D eigenvalue weighted by Gasteiger charge is 2.31. The monoisotopic (exact) mass is 439 g/mol. The normalized spacial score (nSPS) is 11.5. The Morgan fingerprint density at radius 3 is 2.22 bits per heavy atom. The maximum Gasteiger partial charge on any atom is 0.573 e. The van der Waals surface area contributed by atoms with Crippen molar-refractivity contribution in [3.63, 3.8) is 0 Å². The Hall–Kier alpha value is -4.07. The minimum atomic E-state index is -4.81. The predicted octanol–water partition coefficient (Wildman–Crippen LogP) is 5.52. The van der Waals surface area contributed by atoms with Gasteiger partial charge in [0.05, 0.1) is 5.56 Å². The van der Waals surface area contributed by atoms with Crippen LogP contribution in [0, 0.1) is 0 Å². The highest BCUT2D eigenvalue weighted by atomic mass is 19.4. The number of carboxylic acids is 1. The van der Waals surface area contributed by atoms with Crippen molar-refractivity contribution in [1.29, 1.82) is 0 Å². The summed E-state index contributed by atoms with van der Waals surface area (Å²) in [6, 6.07) is 19.8. The molecule has 0 amide bonds. The van der Waals surface area contributed by atoms with Crippen LogP contribution in [0.1, 0.15) is 15.9 Å². The average Bonchev–Trinajstić information content (AvgIpc) is 3.12. The minimum Gasteiger partial charge on any atom is -0.475 e. The number of alkyl halides is 3. The molecular formula is C24H16F3NO4. The van der Waals surface area contributed by atoms with Gasteiger partial charge in [0.15, 0.2) is 0 Å². The fourth-order valence-electron chi connectivity index (χ4n) is 3.63. The van der Waals surface area contributed by atoms with Crippen LogP contribution in [0.2, 0.25) is 0 Å². The number of Topliss-reactive ketones (excluding diaryl/α,β-unsaturated/α-hetero) is 1. The lowest BCUT2D eigenvalue weighted by Crippen LogP contribution is -2.16. The van der Waals surface area contributed by atoms with E-state index in [1.165, 1.54) is 30.5 Å². The van der Waals surface area contributed by atoms with Crippen LogP contribution in [0.4, 0.5) is 13.2 Å². The maximum atomic E-state index is 12.5. The van der Waals surface area contributed by atoms with Crippen molar-refractivity contribution in [2.45, 2.75) is 12.9 Å². The molecule has 8 heteroatoms. The van der Waals surface area contributed by atoms with E-state index in [0.29, 0.717) is 28.6 Å². The Morgan fingerprint density at radius 2 is 1.59 bits per heavy atom. The van der Waals surface area contributed by atoms with Gasteiger partial charge in [0, 0.05) is 23.6 Å². The molecule has 0 atom stereocenters. The van der Waals surface area contributed by atoms with E-state index in [0.717, 1.165) is 5.56 Å². The first-order valence-electron chi connectivity index (χ1n) is 9.52. The third-order valence-corrected chi connectivity index (χ3v) is 4.94. The second-order valence-electron chi connectivity index (χ2n) is 7.06. The molecule has 32 heavy (non-hydrogen) atoms. The number of fused-ring (bicyclic) bond motifs is 1. The molecule has 1 N–H and O–H groups in total. The fraction of sp³-hybridized carbons (Fsp3) is 0.0833. The van der Waals surface area contributed by atoms with Crippen LogP contribution in [-0.4, -0.2) is 27.8 Å².